The number of fused-ring (bicyclic) bond motifs is 1. The minimum Gasteiger partial charge on any atom is -0.493 e. The van der Waals surface area contributed by atoms with Crippen LogP contribution in [0, 0.1) is 0 Å². The zero-order chi connectivity index (χ0) is 20.5. The molecule has 1 fully saturated rings. The lowest BCUT2D eigenvalue weighted by atomic mass is 10.1. The molecule has 0 saturated carbocycles. The van der Waals surface area contributed by atoms with Crippen LogP contribution in [0.25, 0.3) is 11.2 Å². The first-order valence-electron chi connectivity index (χ1n) is 8.82. The Kier molecular flexibility index (Phi) is 5.24. The molecule has 1 saturated heterocycles. The van der Waals surface area contributed by atoms with Crippen molar-refractivity contribution >= 4 is 17.0 Å². The third kappa shape index (κ3) is 3.35. The van der Waals surface area contributed by atoms with Crippen molar-refractivity contribution < 1.29 is 33.9 Å². The molecule has 0 aliphatic carbocycles. The van der Waals surface area contributed by atoms with Gasteiger partial charge in [0, 0.05) is 0 Å². The number of hydrogen-bond donors (Lipinski definition) is 4. The number of furan rings is 1. The maximum atomic E-state index is 10.3. The number of nitrogens with one attached hydrogen (secondary N) is 1. The third-order valence-electron chi connectivity index (χ3n) is 4.74. The van der Waals surface area contributed by atoms with Gasteiger partial charge in [0.1, 0.15) is 24.6 Å². The van der Waals surface area contributed by atoms with Gasteiger partial charge in [-0.3, -0.25) is 4.57 Å². The molecule has 4 atom stereocenters. The zero-order valence-electron chi connectivity index (χ0n) is 15.7. The van der Waals surface area contributed by atoms with Gasteiger partial charge in [-0.05, 0) is 0 Å². The highest BCUT2D eigenvalue weighted by molar-refractivity contribution is 5.82. The van der Waals surface area contributed by atoms with E-state index >= 15 is 0 Å². The van der Waals surface area contributed by atoms with Crippen LogP contribution in [0.1, 0.15) is 12.0 Å². The second-order valence-electron chi connectivity index (χ2n) is 6.39. The van der Waals surface area contributed by atoms with E-state index in [9.17, 15) is 15.3 Å². The molecule has 156 valence electrons. The minimum absolute atomic E-state index is 0.249. The molecule has 4 rings (SSSR count). The largest absolute Gasteiger partial charge is 0.493 e. The van der Waals surface area contributed by atoms with E-state index in [1.165, 1.54) is 31.4 Å². The molecule has 0 radical (unpaired) electrons. The highest BCUT2D eigenvalue weighted by Gasteiger charge is 2.44. The Labute approximate surface area is 164 Å². The summed E-state index contributed by atoms with van der Waals surface area (Å²) in [5, 5.41) is 32.6. The first-order chi connectivity index (χ1) is 14.1. The number of aromatic nitrogens is 4. The molecule has 0 bridgehead atoms. The number of anilines is 1. The summed E-state index contributed by atoms with van der Waals surface area (Å²) in [4.78, 5) is 12.7. The van der Waals surface area contributed by atoms with Crippen LogP contribution in [0.5, 0.6) is 11.7 Å². The van der Waals surface area contributed by atoms with Crippen LogP contribution in [-0.2, 0) is 11.3 Å². The van der Waals surface area contributed by atoms with E-state index in [2.05, 4.69) is 20.3 Å². The SMILES string of the molecule is COc1cc(OC)c(CNc2ncnc3c2ncn3[C@@H]2O[C@H](CO)[C@@H](O)[C@@H]2O)o1. The summed E-state index contributed by atoms with van der Waals surface area (Å²) in [5.74, 6) is 1.79. The molecule has 1 aliphatic heterocycles. The molecule has 4 N–H and O–H groups in total. The molecule has 12 nitrogen and oxygen atoms in total. The van der Waals surface area contributed by atoms with Crippen LogP contribution < -0.4 is 14.8 Å². The van der Waals surface area contributed by atoms with Crippen molar-refractivity contribution in [2.45, 2.75) is 31.1 Å². The molecule has 3 aromatic heterocycles. The number of nitrogens with zero attached hydrogens (tertiary/aromatic N) is 4. The average Bonchev–Trinajstić information content (AvgIpc) is 3.42. The number of rotatable bonds is 7. The second kappa shape index (κ2) is 7.83. The molecule has 0 unspecified atom stereocenters. The Hall–Kier alpha value is -2.93. The molecule has 0 aromatic carbocycles. The number of hydrogen-bond acceptors (Lipinski definition) is 11. The molecule has 3 aromatic rings. The smallest absolute Gasteiger partial charge is 0.288 e. The highest BCUT2D eigenvalue weighted by Crippen LogP contribution is 2.33. The number of imidazole rings is 1. The fourth-order valence-corrected chi connectivity index (χ4v) is 3.23. The Balaban J connectivity index is 1.59. The third-order valence-corrected chi connectivity index (χ3v) is 4.74. The van der Waals surface area contributed by atoms with Crippen molar-refractivity contribution in [2.75, 3.05) is 26.1 Å². The fourth-order valence-electron chi connectivity index (χ4n) is 3.23. The van der Waals surface area contributed by atoms with Crippen LogP contribution in [0.4, 0.5) is 5.82 Å². The number of methoxy groups -OCH3 is 2. The number of ether oxygens (including phenoxy) is 3. The number of aliphatic hydroxyl groups is 3. The molecule has 0 amide bonds. The maximum Gasteiger partial charge on any atom is 0.288 e. The minimum atomic E-state index is -1.24. The van der Waals surface area contributed by atoms with E-state index in [4.69, 9.17) is 18.6 Å². The van der Waals surface area contributed by atoms with Crippen LogP contribution in [0.15, 0.2) is 23.1 Å². The van der Waals surface area contributed by atoms with E-state index < -0.39 is 31.1 Å². The summed E-state index contributed by atoms with van der Waals surface area (Å²) in [5.41, 5.74) is 0.823. The summed E-state index contributed by atoms with van der Waals surface area (Å²) < 4.78 is 22.9. The van der Waals surface area contributed by atoms with Crippen molar-refractivity contribution in [3.05, 3.63) is 24.5 Å². The summed E-state index contributed by atoms with van der Waals surface area (Å²) in [6.45, 7) is -0.170. The molecular weight excluding hydrogens is 386 g/mol. The molecule has 0 spiro atoms. The number of aliphatic hydroxyl groups excluding tert-OH is 3. The summed E-state index contributed by atoms with van der Waals surface area (Å²) in [7, 11) is 3.02. The lowest BCUT2D eigenvalue weighted by molar-refractivity contribution is -0.0511. The van der Waals surface area contributed by atoms with Crippen LogP contribution >= 0.6 is 0 Å². The van der Waals surface area contributed by atoms with Gasteiger partial charge in [-0.15, -0.1) is 0 Å². The van der Waals surface area contributed by atoms with Gasteiger partial charge in [0.15, 0.2) is 34.7 Å². The Morgan fingerprint density at radius 2 is 2.00 bits per heavy atom. The Morgan fingerprint density at radius 1 is 1.17 bits per heavy atom. The molecule has 1 aliphatic rings. The van der Waals surface area contributed by atoms with E-state index in [1.807, 2.05) is 0 Å². The first kappa shape index (κ1) is 19.4. The topological polar surface area (TPSA) is 157 Å². The normalized spacial score (nSPS) is 24.2. The molecule has 29 heavy (non-hydrogen) atoms. The predicted octanol–water partition coefficient (Wildman–Crippen LogP) is -0.340. The van der Waals surface area contributed by atoms with E-state index in [0.717, 1.165) is 0 Å². The van der Waals surface area contributed by atoms with Crippen molar-refractivity contribution in [2.24, 2.45) is 0 Å². The van der Waals surface area contributed by atoms with Gasteiger partial charge < -0.3 is 39.3 Å². The Bertz CT molecular complexity index is 990. The van der Waals surface area contributed by atoms with E-state index in [-0.39, 0.29) is 6.54 Å². The van der Waals surface area contributed by atoms with Crippen molar-refractivity contribution in [3.63, 3.8) is 0 Å². The zero-order valence-corrected chi connectivity index (χ0v) is 15.7. The predicted molar refractivity (Wildman–Crippen MR) is 97.5 cm³/mol. The van der Waals surface area contributed by atoms with Crippen molar-refractivity contribution in [1.82, 2.24) is 19.5 Å². The van der Waals surface area contributed by atoms with Gasteiger partial charge >= 0.3 is 0 Å². The standard InChI is InChI=1S/C17H21N5O7/c1-26-8-3-11(27-2)28-9(8)4-18-15-12-16(20-6-19-15)22(7-21-12)17-14(25)13(24)10(5-23)29-17/h3,6-7,10,13-14,17,23-25H,4-5H2,1-2H3,(H,18,19,20)/t10-,13-,14+,17-/m1/s1. The van der Waals surface area contributed by atoms with Gasteiger partial charge in [-0.2, -0.15) is 0 Å². The highest BCUT2D eigenvalue weighted by atomic mass is 16.6. The molecular formula is C17H21N5O7. The van der Waals surface area contributed by atoms with Gasteiger partial charge in [0.05, 0.1) is 39.8 Å². The quantitative estimate of drug-likeness (QED) is 0.406. The maximum absolute atomic E-state index is 10.3. The first-order valence-corrected chi connectivity index (χ1v) is 8.82. The Morgan fingerprint density at radius 3 is 2.69 bits per heavy atom. The molecule has 12 heteroatoms. The lowest BCUT2D eigenvalue weighted by Crippen LogP contribution is -2.33. The van der Waals surface area contributed by atoms with Crippen LogP contribution in [0.2, 0.25) is 0 Å². The van der Waals surface area contributed by atoms with Gasteiger partial charge in [-0.1, -0.05) is 0 Å². The monoisotopic (exact) mass is 407 g/mol. The molecule has 4 heterocycles. The fraction of sp³-hybridized carbons (Fsp3) is 0.471. The van der Waals surface area contributed by atoms with Gasteiger partial charge in [-0.25, -0.2) is 15.0 Å². The van der Waals surface area contributed by atoms with Crippen molar-refractivity contribution in [3.8, 4) is 11.7 Å². The summed E-state index contributed by atoms with van der Waals surface area (Å²) >= 11 is 0. The summed E-state index contributed by atoms with van der Waals surface area (Å²) in [6.07, 6.45) is -1.53. The lowest BCUT2D eigenvalue weighted by Gasteiger charge is -2.16. The van der Waals surface area contributed by atoms with E-state index in [1.54, 1.807) is 6.07 Å². The van der Waals surface area contributed by atoms with E-state index in [0.29, 0.717) is 34.4 Å². The van der Waals surface area contributed by atoms with Crippen molar-refractivity contribution in [1.29, 1.82) is 0 Å². The van der Waals surface area contributed by atoms with Crippen LogP contribution in [0.3, 0.4) is 0 Å². The summed E-state index contributed by atoms with van der Waals surface area (Å²) in [6, 6.07) is 1.63. The average molecular weight is 407 g/mol. The second-order valence-corrected chi connectivity index (χ2v) is 6.39. The van der Waals surface area contributed by atoms with Gasteiger partial charge in [0.25, 0.3) is 5.95 Å². The van der Waals surface area contributed by atoms with Crippen LogP contribution in [-0.4, -0.2) is 74.0 Å². The van der Waals surface area contributed by atoms with Gasteiger partial charge in [0.2, 0.25) is 0 Å².